The highest BCUT2D eigenvalue weighted by molar-refractivity contribution is 7.99. The van der Waals surface area contributed by atoms with Crippen molar-refractivity contribution in [3.05, 3.63) is 108 Å². The lowest BCUT2D eigenvalue weighted by Gasteiger charge is -2.29. The number of hydrogen-bond donors (Lipinski definition) is 4. The van der Waals surface area contributed by atoms with Gasteiger partial charge in [-0.3, -0.25) is 10.1 Å². The van der Waals surface area contributed by atoms with Crippen LogP contribution in [0.5, 0.6) is 0 Å². The maximum atomic E-state index is 13.7. The predicted molar refractivity (Wildman–Crippen MR) is 190 cm³/mol. The largest absolute Gasteiger partial charge is 0.444 e. The molecule has 2 heterocycles. The number of pyridine rings is 1. The van der Waals surface area contributed by atoms with Crippen molar-refractivity contribution in [1.82, 2.24) is 20.3 Å². The zero-order valence-corrected chi connectivity index (χ0v) is 28.7. The molecule has 0 radical (unpaired) electrons. The summed E-state index contributed by atoms with van der Waals surface area (Å²) in [6.07, 6.45) is 0.938. The zero-order valence-electron chi connectivity index (χ0n) is 27.9. The Morgan fingerprint density at radius 1 is 0.917 bits per heavy atom. The molecule has 0 bridgehead atoms. The Hall–Kier alpha value is -5.00. The molecule has 0 aliphatic carbocycles. The van der Waals surface area contributed by atoms with Crippen molar-refractivity contribution >= 4 is 52.0 Å². The number of aromatic nitrogens is 3. The summed E-state index contributed by atoms with van der Waals surface area (Å²) in [6.45, 7) is 11.1. The minimum atomic E-state index is -0.989. The molecule has 248 valence electrons. The first-order valence-corrected chi connectivity index (χ1v) is 16.4. The van der Waals surface area contributed by atoms with Crippen molar-refractivity contribution < 1.29 is 19.4 Å². The predicted octanol–water partition coefficient (Wildman–Crippen LogP) is 8.03. The van der Waals surface area contributed by atoms with Gasteiger partial charge in [-0.05, 0) is 93.8 Å². The van der Waals surface area contributed by atoms with Crippen molar-refractivity contribution in [3.8, 4) is 0 Å². The van der Waals surface area contributed by atoms with Crippen LogP contribution in [0.15, 0.2) is 101 Å². The third kappa shape index (κ3) is 8.47. The van der Waals surface area contributed by atoms with E-state index in [0.29, 0.717) is 28.4 Å². The number of nitrogens with zero attached hydrogens (tertiary/aromatic N) is 3. The van der Waals surface area contributed by atoms with Crippen LogP contribution < -0.4 is 16.0 Å². The molecule has 3 aromatic carbocycles. The molecule has 0 aliphatic heterocycles. The first-order chi connectivity index (χ1) is 22.8. The van der Waals surface area contributed by atoms with Gasteiger partial charge in [0.25, 0.3) is 5.91 Å². The van der Waals surface area contributed by atoms with E-state index >= 15 is 0 Å². The second-order valence-corrected chi connectivity index (χ2v) is 14.0. The Morgan fingerprint density at radius 3 is 2.31 bits per heavy atom. The molecule has 1 atom stereocenters. The summed E-state index contributed by atoms with van der Waals surface area (Å²) in [5.74, 6) is 0.442. The molecule has 10 nitrogen and oxygen atoms in total. The van der Waals surface area contributed by atoms with E-state index in [4.69, 9.17) is 9.72 Å². The normalized spacial score (nSPS) is 12.8. The van der Waals surface area contributed by atoms with E-state index in [2.05, 4.69) is 39.8 Å². The number of fused-ring (bicyclic) bond motifs is 1. The average molecular weight is 665 g/mol. The minimum Gasteiger partial charge on any atom is -0.444 e. The van der Waals surface area contributed by atoms with E-state index < -0.39 is 17.2 Å². The zero-order chi connectivity index (χ0) is 34.5. The van der Waals surface area contributed by atoms with E-state index in [0.717, 1.165) is 26.4 Å². The van der Waals surface area contributed by atoms with Crippen LogP contribution in [-0.2, 0) is 10.3 Å². The fourth-order valence-electron chi connectivity index (χ4n) is 4.85. The van der Waals surface area contributed by atoms with Crippen molar-refractivity contribution in [2.75, 3.05) is 17.2 Å². The van der Waals surface area contributed by atoms with E-state index in [1.165, 1.54) is 18.1 Å². The van der Waals surface area contributed by atoms with E-state index in [9.17, 15) is 14.7 Å². The fraction of sp³-hybridized carbons (Fsp3) is 0.270. The quantitative estimate of drug-likeness (QED) is 0.117. The Morgan fingerprint density at radius 2 is 1.65 bits per heavy atom. The van der Waals surface area contributed by atoms with Gasteiger partial charge in [0.2, 0.25) is 0 Å². The SMILES string of the molecule is CC(C)c1ccc2c(Nc3cc(C(=O)N[C@@](C)(CO)c4ccccc4)ccc3Sc3ccc(NC(=O)OC(C)(C)C)cc3)ncnc2n1. The Bertz CT molecular complexity index is 1910. The highest BCUT2D eigenvalue weighted by atomic mass is 32.2. The number of anilines is 3. The molecule has 11 heteroatoms. The maximum absolute atomic E-state index is 13.7. The molecule has 2 amide bonds. The first-order valence-electron chi connectivity index (χ1n) is 15.6. The Kier molecular flexibility index (Phi) is 10.3. The Balaban J connectivity index is 1.46. The number of aliphatic hydroxyl groups is 1. The second-order valence-electron chi connectivity index (χ2n) is 12.9. The number of aliphatic hydroxyl groups excluding tert-OH is 1. The number of amides is 2. The second kappa shape index (κ2) is 14.4. The number of carbonyl (C=O) groups excluding carboxylic acids is 2. The van der Waals surface area contributed by atoms with Gasteiger partial charge in [0, 0.05) is 26.7 Å². The molecule has 48 heavy (non-hydrogen) atoms. The highest BCUT2D eigenvalue weighted by Gasteiger charge is 2.28. The van der Waals surface area contributed by atoms with Gasteiger partial charge in [-0.15, -0.1) is 0 Å². The topological polar surface area (TPSA) is 138 Å². The van der Waals surface area contributed by atoms with Gasteiger partial charge >= 0.3 is 6.09 Å². The fourth-order valence-corrected chi connectivity index (χ4v) is 5.73. The van der Waals surface area contributed by atoms with Gasteiger partial charge in [-0.2, -0.15) is 0 Å². The van der Waals surface area contributed by atoms with Gasteiger partial charge in [0.05, 0.1) is 23.2 Å². The van der Waals surface area contributed by atoms with Gasteiger partial charge < -0.3 is 20.5 Å². The van der Waals surface area contributed by atoms with Crippen molar-refractivity contribution in [1.29, 1.82) is 0 Å². The lowest BCUT2D eigenvalue weighted by Crippen LogP contribution is -2.46. The minimum absolute atomic E-state index is 0.241. The smallest absolute Gasteiger partial charge is 0.412 e. The highest BCUT2D eigenvalue weighted by Crippen LogP contribution is 2.37. The van der Waals surface area contributed by atoms with Gasteiger partial charge in [-0.25, -0.2) is 19.7 Å². The van der Waals surface area contributed by atoms with Crippen molar-refractivity contribution in [3.63, 3.8) is 0 Å². The molecular formula is C37H40N6O4S. The third-order valence-corrected chi connectivity index (χ3v) is 8.53. The molecule has 0 aliphatic rings. The molecule has 2 aromatic heterocycles. The van der Waals surface area contributed by atoms with Crippen LogP contribution in [-0.4, -0.2) is 44.3 Å². The molecule has 5 rings (SSSR count). The number of rotatable bonds is 10. The van der Waals surface area contributed by atoms with Gasteiger partial charge in [-0.1, -0.05) is 55.9 Å². The number of benzene rings is 3. The summed E-state index contributed by atoms with van der Waals surface area (Å²) in [5, 5.41) is 20.2. The molecule has 0 fully saturated rings. The van der Waals surface area contributed by atoms with Crippen LogP contribution in [0.2, 0.25) is 0 Å². The summed E-state index contributed by atoms with van der Waals surface area (Å²) in [7, 11) is 0. The number of hydrogen-bond acceptors (Lipinski definition) is 9. The number of nitrogens with one attached hydrogen (secondary N) is 3. The maximum Gasteiger partial charge on any atom is 0.412 e. The van der Waals surface area contributed by atoms with Crippen LogP contribution in [0.25, 0.3) is 11.0 Å². The number of ether oxygens (including phenoxy) is 1. The summed E-state index contributed by atoms with van der Waals surface area (Å²) in [5.41, 5.74) is 2.33. The standard InChI is InChI=1S/C37H40N6O4S/c1-23(2)29-18-17-28-32(41-29)38-22-39-33(28)42-30-20-24(34(45)43-37(6,21-44)25-10-8-7-9-11-25)12-19-31(30)48-27-15-13-26(14-16-27)40-35(46)47-36(3,4)5/h7-20,22-23,44H,21H2,1-6H3,(H,40,46)(H,43,45)(H,38,39,41,42)/t37-/m0/s1. The molecular weight excluding hydrogens is 625 g/mol. The van der Waals surface area contributed by atoms with Crippen LogP contribution >= 0.6 is 11.8 Å². The summed E-state index contributed by atoms with van der Waals surface area (Å²) >= 11 is 1.48. The van der Waals surface area contributed by atoms with Gasteiger partial charge in [0.1, 0.15) is 17.7 Å². The summed E-state index contributed by atoms with van der Waals surface area (Å²) in [4.78, 5) is 41.2. The third-order valence-electron chi connectivity index (χ3n) is 7.45. The van der Waals surface area contributed by atoms with E-state index in [1.54, 1.807) is 31.2 Å². The van der Waals surface area contributed by atoms with Crippen LogP contribution in [0.1, 0.15) is 69.1 Å². The van der Waals surface area contributed by atoms with Crippen molar-refractivity contribution in [2.24, 2.45) is 0 Å². The first kappa shape index (κ1) is 34.3. The van der Waals surface area contributed by atoms with Crippen LogP contribution in [0.4, 0.5) is 22.0 Å². The summed E-state index contributed by atoms with van der Waals surface area (Å²) in [6, 6.07) is 26.1. The lowest BCUT2D eigenvalue weighted by atomic mass is 9.92. The van der Waals surface area contributed by atoms with Crippen LogP contribution in [0, 0.1) is 0 Å². The average Bonchev–Trinajstić information content (AvgIpc) is 3.05. The van der Waals surface area contributed by atoms with Crippen molar-refractivity contribution in [2.45, 2.75) is 68.4 Å². The molecule has 0 saturated heterocycles. The van der Waals surface area contributed by atoms with Crippen LogP contribution in [0.3, 0.4) is 0 Å². The molecule has 0 unspecified atom stereocenters. The summed E-state index contributed by atoms with van der Waals surface area (Å²) < 4.78 is 5.36. The molecule has 0 spiro atoms. The Labute approximate surface area is 284 Å². The van der Waals surface area contributed by atoms with Gasteiger partial charge in [0.15, 0.2) is 5.65 Å². The van der Waals surface area contributed by atoms with E-state index in [-0.39, 0.29) is 18.4 Å². The molecule has 0 saturated carbocycles. The van der Waals surface area contributed by atoms with E-state index in [1.807, 2.05) is 81.4 Å². The number of carbonyl (C=O) groups is 2. The molecule has 4 N–H and O–H groups in total. The molecule has 5 aromatic rings. The monoisotopic (exact) mass is 664 g/mol. The lowest BCUT2D eigenvalue weighted by molar-refractivity contribution is 0.0635.